The lowest BCUT2D eigenvalue weighted by Crippen LogP contribution is -2.56. The Kier molecular flexibility index (Phi) is 24.5. The van der Waals surface area contributed by atoms with Gasteiger partial charge in [0.25, 0.3) is 0 Å². The highest BCUT2D eigenvalue weighted by Gasteiger charge is 2.52. The Balaban J connectivity index is 0.000000165. The first kappa shape index (κ1) is 80.3. The number of thiophene rings is 8. The first-order valence-corrected chi connectivity index (χ1v) is 54.8. The zero-order valence-electron chi connectivity index (χ0n) is 65.0. The maximum atomic E-state index is 16.7. The monoisotopic (exact) mass is 1770 g/mol. The Morgan fingerprint density at radius 1 is 0.289 bits per heavy atom. The van der Waals surface area contributed by atoms with Crippen LogP contribution in [0.3, 0.4) is 0 Å². The van der Waals surface area contributed by atoms with Crippen molar-refractivity contribution >= 4 is 219 Å². The minimum absolute atomic E-state index is 0.256. The Morgan fingerprint density at radius 3 is 0.781 bits per heavy atom. The van der Waals surface area contributed by atoms with Crippen molar-refractivity contribution in [2.75, 3.05) is 0 Å². The van der Waals surface area contributed by atoms with E-state index in [1.807, 2.05) is 70.1 Å². The summed E-state index contributed by atoms with van der Waals surface area (Å²) in [5.41, 5.74) is 11.1. The molecule has 4 unspecified atom stereocenters. The number of rotatable bonds is 32. The molecule has 0 amide bonds. The third-order valence-corrected chi connectivity index (χ3v) is 46.4. The van der Waals surface area contributed by atoms with Gasteiger partial charge in [-0.3, -0.25) is 0 Å². The molecule has 0 saturated carbocycles. The average molecular weight is 1770 g/mol. The molecular formula is C88H88F4N8S12Si2. The van der Waals surface area contributed by atoms with E-state index in [-0.39, 0.29) is 23.3 Å². The highest BCUT2D eigenvalue weighted by atomic mass is 32.2. The van der Waals surface area contributed by atoms with Gasteiger partial charge in [0.1, 0.15) is 83.6 Å². The van der Waals surface area contributed by atoms with Crippen molar-refractivity contribution in [2.45, 2.75) is 182 Å². The summed E-state index contributed by atoms with van der Waals surface area (Å²) in [6.45, 7) is 18.6. The molecule has 0 N–H and O–H groups in total. The van der Waals surface area contributed by atoms with Gasteiger partial charge in [0.2, 0.25) is 0 Å². The van der Waals surface area contributed by atoms with Crippen LogP contribution in [0.15, 0.2) is 119 Å². The summed E-state index contributed by atoms with van der Waals surface area (Å²) in [4.78, 5) is 12.8. The topological polar surface area (TPSA) is 103 Å². The highest BCUT2D eigenvalue weighted by molar-refractivity contribution is 7.33. The van der Waals surface area contributed by atoms with Gasteiger partial charge in [-0.05, 0) is 163 Å². The van der Waals surface area contributed by atoms with Crippen LogP contribution in [0.2, 0.25) is 24.2 Å². The second-order valence-electron chi connectivity index (χ2n) is 30.9. The molecule has 18 rings (SSSR count). The van der Waals surface area contributed by atoms with Gasteiger partial charge in [-0.1, -0.05) is 182 Å². The van der Waals surface area contributed by atoms with Crippen LogP contribution in [0.4, 0.5) is 17.6 Å². The Labute approximate surface area is 714 Å². The van der Waals surface area contributed by atoms with Crippen molar-refractivity contribution in [3.8, 4) is 103 Å². The smallest absolute Gasteiger partial charge is 0.134 e. The summed E-state index contributed by atoms with van der Waals surface area (Å²) in [6.07, 6.45) is 19.1. The standard InChI is InChI=1S/2C44H44F2N4S6Si/c1-5-9-13-25(7-3)23-57(24-26(8-4)14-10-6-2)35-21-33(27-19-29(45)37(31-15-11-17-51-31)41-39(27)47-55-49-41)53-43(35)44-36(57)22-34(54-44)28-20-30(46)38(32-16-12-18-52-32)42-40(28)48-56-50-42;1-5-9-13-25(7-3)23-57(24-26(8-4)14-10-6-2)35-21-33(37-29(45)19-27(31-15-11-17-51-31)39-41(37)49-55-47-39)53-43(35)44-36(57)22-34(54-44)38-30(46)20-28(32-16-12-18-52-32)40-42(38)50-56-48-40/h2*11-12,15-22,25-26H,5-10,13-14,23-24H2,1-4H3. The third-order valence-electron chi connectivity index (χ3n) is 24.2. The minimum atomic E-state index is -2.50. The molecule has 588 valence electrons. The average Bonchev–Trinajstić information content (AvgIpc) is 1.54. The number of nitrogens with zero attached hydrogens (tertiary/aromatic N) is 8. The fourth-order valence-corrected chi connectivity index (χ4v) is 44.5. The van der Waals surface area contributed by atoms with Gasteiger partial charge in [-0.25, -0.2) is 17.6 Å². The SMILES string of the molecule is CCCCC(CC)C[Si]1(CC(CC)CCCC)c2cc(-c3c(F)cc(-c4cccs4)c4nsnc34)sc2-c2sc(-c3c(F)cc(-c4cccs4)c4nsnc34)cc21.CCCCC(CC)C[Si]1(CC(CC)CCCC)c2cc(-c3cc(F)c(-c4cccs4)c4nsnc34)sc2-c2sc(-c3cc(F)c(-c4cccs4)c4nsnc34)cc21. The normalized spacial score (nSPS) is 14.5. The van der Waals surface area contributed by atoms with Crippen LogP contribution >= 0.6 is 138 Å². The number of unbranched alkanes of at least 4 members (excludes halogenated alkanes) is 4. The van der Waals surface area contributed by atoms with Crippen LogP contribution < -0.4 is 20.7 Å². The molecule has 114 heavy (non-hydrogen) atoms. The van der Waals surface area contributed by atoms with E-state index in [1.165, 1.54) is 152 Å². The highest BCUT2D eigenvalue weighted by Crippen LogP contribution is 2.55. The summed E-state index contributed by atoms with van der Waals surface area (Å²) in [7, 11) is -4.93. The number of hydrogen-bond acceptors (Lipinski definition) is 20. The van der Waals surface area contributed by atoms with E-state index in [0.717, 1.165) is 168 Å². The van der Waals surface area contributed by atoms with E-state index in [9.17, 15) is 0 Å². The number of halogens is 4. The number of fused-ring (bicyclic) bond motifs is 10. The number of benzene rings is 4. The molecule has 8 nitrogen and oxygen atoms in total. The summed E-state index contributed by atoms with van der Waals surface area (Å²) < 4.78 is 104. The molecule has 26 heteroatoms. The molecular weight excluding hydrogens is 1690 g/mol. The maximum Gasteiger partial charge on any atom is 0.134 e. The van der Waals surface area contributed by atoms with Crippen molar-refractivity contribution < 1.29 is 17.6 Å². The van der Waals surface area contributed by atoms with Crippen molar-refractivity contribution in [3.63, 3.8) is 0 Å². The van der Waals surface area contributed by atoms with E-state index >= 15 is 17.6 Å². The summed E-state index contributed by atoms with van der Waals surface area (Å²) >= 11 is 17.8. The van der Waals surface area contributed by atoms with Crippen molar-refractivity contribution in [2.24, 2.45) is 23.7 Å². The summed E-state index contributed by atoms with van der Waals surface area (Å²) in [5.74, 6) is 1.36. The lowest BCUT2D eigenvalue weighted by atomic mass is 10.0. The molecule has 0 spiro atoms. The maximum absolute atomic E-state index is 16.7. The molecule has 0 saturated heterocycles. The van der Waals surface area contributed by atoms with Gasteiger partial charge in [-0.15, -0.1) is 90.7 Å². The van der Waals surface area contributed by atoms with E-state index in [2.05, 4.69) is 88.4 Å². The van der Waals surface area contributed by atoms with Crippen molar-refractivity contribution in [1.29, 1.82) is 0 Å². The summed E-state index contributed by atoms with van der Waals surface area (Å²) in [5, 5.41) is 13.9. The Bertz CT molecular complexity index is 5680. The van der Waals surface area contributed by atoms with Gasteiger partial charge in [0.15, 0.2) is 0 Å². The second kappa shape index (κ2) is 34.7. The molecule has 0 bridgehead atoms. The van der Waals surface area contributed by atoms with Gasteiger partial charge in [0.05, 0.1) is 69.2 Å². The van der Waals surface area contributed by atoms with Gasteiger partial charge < -0.3 is 0 Å². The zero-order valence-corrected chi connectivity index (χ0v) is 76.8. The predicted molar refractivity (Wildman–Crippen MR) is 496 cm³/mol. The first-order valence-electron chi connectivity index (χ1n) is 40.3. The molecule has 4 atom stereocenters. The van der Waals surface area contributed by atoms with E-state index in [4.69, 9.17) is 26.2 Å². The fourth-order valence-electron chi connectivity index (χ4n) is 18.3. The van der Waals surface area contributed by atoms with E-state index in [0.29, 0.717) is 68.0 Å². The van der Waals surface area contributed by atoms with Crippen LogP contribution in [0.5, 0.6) is 0 Å². The molecule has 0 radical (unpaired) electrons. The van der Waals surface area contributed by atoms with Crippen LogP contribution in [0.25, 0.3) is 147 Å². The fraction of sp³-hybridized carbons (Fsp3) is 0.364. The molecule has 2 aliphatic heterocycles. The Hall–Kier alpha value is -6.09. The Morgan fingerprint density at radius 2 is 0.526 bits per heavy atom. The van der Waals surface area contributed by atoms with Crippen LogP contribution in [-0.4, -0.2) is 51.1 Å². The molecule has 12 aromatic heterocycles. The van der Waals surface area contributed by atoms with Crippen LogP contribution in [0.1, 0.15) is 158 Å². The molecule has 4 aromatic carbocycles. The molecule has 0 fully saturated rings. The number of aromatic nitrogens is 8. The lowest BCUT2D eigenvalue weighted by molar-refractivity contribution is 0.469. The van der Waals surface area contributed by atoms with Gasteiger partial charge >= 0.3 is 0 Å². The first-order chi connectivity index (χ1) is 55.8. The number of hydrogen-bond donors (Lipinski definition) is 0. The van der Waals surface area contributed by atoms with Gasteiger partial charge in [0, 0.05) is 80.8 Å². The van der Waals surface area contributed by atoms with Crippen molar-refractivity contribution in [1.82, 2.24) is 35.0 Å². The van der Waals surface area contributed by atoms with E-state index in [1.54, 1.807) is 92.3 Å². The van der Waals surface area contributed by atoms with Crippen molar-refractivity contribution in [3.05, 3.63) is 142 Å². The molecule has 2 aliphatic rings. The largest absolute Gasteiger partial charge is 0.206 e. The lowest BCUT2D eigenvalue weighted by Gasteiger charge is -2.35. The molecule has 0 aliphatic carbocycles. The second-order valence-corrected chi connectivity index (χ2v) is 49.2. The van der Waals surface area contributed by atoms with Crippen LogP contribution in [0, 0.1) is 46.9 Å². The molecule has 16 aromatic rings. The van der Waals surface area contributed by atoms with E-state index < -0.39 is 16.1 Å². The predicted octanol–water partition coefficient (Wildman–Crippen LogP) is 29.7. The van der Waals surface area contributed by atoms with Crippen LogP contribution in [-0.2, 0) is 0 Å². The quantitative estimate of drug-likeness (QED) is 0.0303. The van der Waals surface area contributed by atoms with Gasteiger partial charge in [-0.2, -0.15) is 35.0 Å². The third kappa shape index (κ3) is 14.7. The zero-order chi connectivity index (χ0) is 78.5. The minimum Gasteiger partial charge on any atom is -0.206 e. The molecule has 14 heterocycles. The summed E-state index contributed by atoms with van der Waals surface area (Å²) in [6, 6.07) is 36.9.